The number of rotatable bonds is 2. The lowest BCUT2D eigenvalue weighted by atomic mass is 10.8. The van der Waals surface area contributed by atoms with Crippen molar-refractivity contribution in [1.82, 2.24) is 10.3 Å². The Morgan fingerprint density at radius 1 is 1.80 bits per heavy atom. The summed E-state index contributed by atoms with van der Waals surface area (Å²) in [4.78, 5) is 9.56. The molecule has 0 unspecified atom stereocenters. The highest BCUT2D eigenvalue weighted by Crippen LogP contribution is 2.02. The first kappa shape index (κ1) is 6.26. The first-order valence-corrected chi connectivity index (χ1v) is 2.12. The van der Waals surface area contributed by atoms with Gasteiger partial charge < -0.3 is 10.1 Å². The van der Waals surface area contributed by atoms with Gasteiger partial charge in [0.05, 0.1) is 5.03 Å². The van der Waals surface area contributed by atoms with Gasteiger partial charge in [0.15, 0.2) is 5.22 Å². The van der Waals surface area contributed by atoms with Crippen LogP contribution in [0.15, 0.2) is 21.2 Å². The summed E-state index contributed by atoms with van der Waals surface area (Å²) in [5.41, 5.74) is 0. The van der Waals surface area contributed by atoms with Crippen molar-refractivity contribution in [2.45, 2.75) is 0 Å². The Kier molecular flexibility index (Phi) is 1.64. The summed E-state index contributed by atoms with van der Waals surface area (Å²) >= 11 is 0. The Morgan fingerprint density at radius 2 is 2.60 bits per heavy atom. The molecule has 0 saturated heterocycles. The molecule has 1 aromatic heterocycles. The lowest BCUT2D eigenvalue weighted by molar-refractivity contribution is -0.493. The molecule has 8 heteroatoms. The van der Waals surface area contributed by atoms with Crippen LogP contribution in [0.25, 0.3) is 0 Å². The van der Waals surface area contributed by atoms with Crippen LogP contribution in [0, 0.1) is 10.1 Å². The maximum Gasteiger partial charge on any atom is 0.353 e. The lowest BCUT2D eigenvalue weighted by Crippen LogP contribution is -1.80. The maximum absolute atomic E-state index is 9.56. The van der Waals surface area contributed by atoms with E-state index in [9.17, 15) is 10.1 Å². The fraction of sp³-hybridized carbons (Fsp3) is 0. The number of hydrogen-bond acceptors (Lipinski definition) is 6. The van der Waals surface area contributed by atoms with Crippen molar-refractivity contribution in [2.75, 3.05) is 0 Å². The smallest absolute Gasteiger partial charge is 0.337 e. The molecule has 52 valence electrons. The van der Waals surface area contributed by atoms with Gasteiger partial charge in [-0.1, -0.05) is 5.16 Å². The van der Waals surface area contributed by atoms with E-state index in [4.69, 9.17) is 0 Å². The Morgan fingerprint density at radius 3 is 3.10 bits per heavy atom. The molecular formula is C2HN5O3. The van der Waals surface area contributed by atoms with Crippen LogP contribution in [0.2, 0.25) is 0 Å². The Balaban J connectivity index is 2.64. The van der Waals surface area contributed by atoms with Crippen molar-refractivity contribution in [3.8, 4) is 0 Å². The third-order valence-electron chi connectivity index (χ3n) is 0.570. The second-order valence-corrected chi connectivity index (χ2v) is 1.19. The maximum atomic E-state index is 9.56. The van der Waals surface area contributed by atoms with E-state index in [0.29, 0.717) is 0 Å². The van der Waals surface area contributed by atoms with Crippen molar-refractivity contribution in [3.05, 3.63) is 16.3 Å². The van der Waals surface area contributed by atoms with Crippen molar-refractivity contribution < 1.29 is 9.66 Å². The number of aromatic nitrogens is 2. The van der Waals surface area contributed by atoms with E-state index in [1.807, 2.05) is 0 Å². The Bertz CT molecular complexity index is 239. The number of hydrogen-bond donors (Lipinski definition) is 0. The topological polar surface area (TPSA) is 107 Å². The zero-order valence-corrected chi connectivity index (χ0v) is 4.54. The van der Waals surface area contributed by atoms with Gasteiger partial charge in [0.2, 0.25) is 0 Å². The molecule has 0 radical (unpaired) electrons. The first-order chi connectivity index (χ1) is 4.79. The van der Waals surface area contributed by atoms with Crippen LogP contribution in [0.4, 0.5) is 5.82 Å². The van der Waals surface area contributed by atoms with Gasteiger partial charge in [-0.25, -0.2) is 4.63 Å². The van der Waals surface area contributed by atoms with Gasteiger partial charge in [-0.15, -0.1) is 0 Å². The molecule has 1 aromatic rings. The average molecular weight is 143 g/mol. The molecule has 0 saturated carbocycles. The van der Waals surface area contributed by atoms with Gasteiger partial charge >= 0.3 is 5.82 Å². The van der Waals surface area contributed by atoms with E-state index in [1.54, 1.807) is 0 Å². The summed E-state index contributed by atoms with van der Waals surface area (Å²) in [6.45, 7) is 0. The molecule has 0 aliphatic heterocycles. The monoisotopic (exact) mass is 143 g/mol. The lowest BCUT2D eigenvalue weighted by Gasteiger charge is -1.72. The fourth-order valence-corrected chi connectivity index (χ4v) is 0.286. The van der Waals surface area contributed by atoms with Crippen LogP contribution in [0.1, 0.15) is 0 Å². The molecule has 0 aromatic carbocycles. The summed E-state index contributed by atoms with van der Waals surface area (Å²) in [6.07, 6.45) is 1.10. The third-order valence-corrected chi connectivity index (χ3v) is 0.570. The van der Waals surface area contributed by atoms with Crippen molar-refractivity contribution in [1.29, 1.82) is 0 Å². The zero-order chi connectivity index (χ0) is 7.40. The normalized spacial score (nSPS) is 10.4. The summed E-state index contributed by atoms with van der Waals surface area (Å²) in [7, 11) is 0. The van der Waals surface area contributed by atoms with Gasteiger partial charge in [0, 0.05) is 5.16 Å². The number of nitrogens with zero attached hydrogens (tertiary/aromatic N) is 5. The van der Waals surface area contributed by atoms with Crippen LogP contribution < -0.4 is 0 Å². The van der Waals surface area contributed by atoms with E-state index < -0.39 is 5.03 Å². The highest BCUT2D eigenvalue weighted by atomic mass is 16.7. The second-order valence-electron chi connectivity index (χ2n) is 1.19. The van der Waals surface area contributed by atoms with Crippen LogP contribution in [-0.2, 0) is 0 Å². The molecule has 0 spiro atoms. The van der Waals surface area contributed by atoms with Crippen molar-refractivity contribution in [3.63, 3.8) is 0 Å². The van der Waals surface area contributed by atoms with E-state index in [2.05, 4.69) is 25.3 Å². The second kappa shape index (κ2) is 2.62. The highest BCUT2D eigenvalue weighted by molar-refractivity contribution is 5.15. The molecule has 1 heterocycles. The SMILES string of the molecule is O=[N+]([O-])N=Nc1cnon1. The molecule has 0 aliphatic rings. The molecular weight excluding hydrogens is 142 g/mol. The quantitative estimate of drug-likeness (QED) is 0.337. The van der Waals surface area contributed by atoms with Gasteiger partial charge in [-0.05, 0) is 0 Å². The molecule has 0 amide bonds. The molecule has 0 fully saturated rings. The molecule has 10 heavy (non-hydrogen) atoms. The van der Waals surface area contributed by atoms with E-state index in [-0.39, 0.29) is 5.82 Å². The molecule has 0 atom stereocenters. The van der Waals surface area contributed by atoms with Crippen molar-refractivity contribution in [2.24, 2.45) is 10.3 Å². The molecule has 1 rings (SSSR count). The number of nitro groups is 1. The molecule has 8 nitrogen and oxygen atoms in total. The Labute approximate surface area is 53.6 Å². The third kappa shape index (κ3) is 1.58. The van der Waals surface area contributed by atoms with E-state index >= 15 is 0 Å². The predicted octanol–water partition coefficient (Wildman–Crippen LogP) is 0.345. The summed E-state index contributed by atoms with van der Waals surface area (Å²) in [5, 5.41) is 20.5. The van der Waals surface area contributed by atoms with Gasteiger partial charge in [0.1, 0.15) is 11.3 Å². The van der Waals surface area contributed by atoms with Gasteiger partial charge in [0.25, 0.3) is 0 Å². The molecule has 0 aliphatic carbocycles. The van der Waals surface area contributed by atoms with Crippen LogP contribution in [0.5, 0.6) is 0 Å². The predicted molar refractivity (Wildman–Crippen MR) is 25.8 cm³/mol. The zero-order valence-electron chi connectivity index (χ0n) is 4.54. The van der Waals surface area contributed by atoms with E-state index in [0.717, 1.165) is 6.20 Å². The fourth-order valence-electron chi connectivity index (χ4n) is 0.286. The highest BCUT2D eigenvalue weighted by Gasteiger charge is 2.01. The first-order valence-electron chi connectivity index (χ1n) is 2.12. The van der Waals surface area contributed by atoms with Crippen LogP contribution >= 0.6 is 0 Å². The van der Waals surface area contributed by atoms with Crippen LogP contribution in [0.3, 0.4) is 0 Å². The minimum atomic E-state index is -0.950. The molecule has 0 N–H and O–H groups in total. The molecule has 0 bridgehead atoms. The van der Waals surface area contributed by atoms with Gasteiger partial charge in [-0.2, -0.15) is 0 Å². The van der Waals surface area contributed by atoms with Crippen LogP contribution in [-0.4, -0.2) is 15.3 Å². The van der Waals surface area contributed by atoms with Gasteiger partial charge in [-0.3, -0.25) is 0 Å². The minimum absolute atomic E-state index is 0.0308. The van der Waals surface area contributed by atoms with Crippen molar-refractivity contribution >= 4 is 5.82 Å². The Hall–Kier alpha value is -1.86. The summed E-state index contributed by atoms with van der Waals surface area (Å²) < 4.78 is 4.07. The largest absolute Gasteiger partial charge is 0.353 e. The minimum Gasteiger partial charge on any atom is -0.337 e. The standard InChI is InChI=1S/C2HN5O3/c8-7(9)6-4-2-1-3-10-5-2/h1H. The summed E-state index contributed by atoms with van der Waals surface area (Å²) in [5.74, 6) is -0.0308. The summed E-state index contributed by atoms with van der Waals surface area (Å²) in [6, 6.07) is 0. The van der Waals surface area contributed by atoms with E-state index in [1.165, 1.54) is 0 Å². The average Bonchev–Trinajstić information content (AvgIpc) is 2.34.